The van der Waals surface area contributed by atoms with Crippen LogP contribution in [0.4, 0.5) is 16.2 Å². The van der Waals surface area contributed by atoms with E-state index in [9.17, 15) is 4.79 Å². The monoisotopic (exact) mass is 425 g/mol. The van der Waals surface area contributed by atoms with Gasteiger partial charge < -0.3 is 15.4 Å². The molecule has 0 spiro atoms. The highest BCUT2D eigenvalue weighted by Crippen LogP contribution is 2.34. The van der Waals surface area contributed by atoms with E-state index >= 15 is 0 Å². The molecular formula is C27H27N3O2. The Balaban J connectivity index is 1.59. The molecule has 0 saturated heterocycles. The van der Waals surface area contributed by atoms with Gasteiger partial charge in [-0.25, -0.2) is 4.79 Å². The molecule has 4 aromatic rings. The third kappa shape index (κ3) is 4.72. The molecule has 2 N–H and O–H groups in total. The molecule has 2 amide bonds. The quantitative estimate of drug-likeness (QED) is 0.361. The van der Waals surface area contributed by atoms with Crippen LogP contribution in [0.5, 0.6) is 11.5 Å². The molecule has 0 radical (unpaired) electrons. The van der Waals surface area contributed by atoms with E-state index in [1.807, 2.05) is 67.6 Å². The number of ether oxygens (including phenoxy) is 1. The highest BCUT2D eigenvalue weighted by atomic mass is 16.5. The van der Waals surface area contributed by atoms with Crippen LogP contribution in [0, 0.1) is 6.92 Å². The second kappa shape index (κ2) is 8.71. The number of amides is 2. The lowest BCUT2D eigenvalue weighted by Gasteiger charge is -2.21. The third-order valence-corrected chi connectivity index (χ3v) is 5.35. The van der Waals surface area contributed by atoms with Crippen LogP contribution in [0.25, 0.3) is 10.8 Å². The molecule has 0 bridgehead atoms. The summed E-state index contributed by atoms with van der Waals surface area (Å²) in [6.45, 7) is 8.45. The Kier molecular flexibility index (Phi) is 5.82. The number of benzene rings is 3. The number of pyridine rings is 1. The van der Waals surface area contributed by atoms with Crippen molar-refractivity contribution in [3.05, 3.63) is 90.3 Å². The van der Waals surface area contributed by atoms with Crippen molar-refractivity contribution < 1.29 is 9.53 Å². The van der Waals surface area contributed by atoms with Crippen LogP contribution in [0.1, 0.15) is 31.9 Å². The summed E-state index contributed by atoms with van der Waals surface area (Å²) in [6.07, 6.45) is 3.37. The van der Waals surface area contributed by atoms with Crippen LogP contribution >= 0.6 is 0 Å². The summed E-state index contributed by atoms with van der Waals surface area (Å²) in [5.74, 6) is 1.36. The third-order valence-electron chi connectivity index (χ3n) is 5.35. The van der Waals surface area contributed by atoms with E-state index in [4.69, 9.17) is 4.74 Å². The van der Waals surface area contributed by atoms with Crippen LogP contribution in [0.3, 0.4) is 0 Å². The van der Waals surface area contributed by atoms with Gasteiger partial charge in [0.15, 0.2) is 0 Å². The topological polar surface area (TPSA) is 63.2 Å². The molecule has 4 rings (SSSR count). The van der Waals surface area contributed by atoms with Crippen molar-refractivity contribution in [1.82, 2.24) is 4.98 Å². The first-order valence-electron chi connectivity index (χ1n) is 10.6. The Labute approximate surface area is 188 Å². The molecule has 1 aromatic heterocycles. The maximum Gasteiger partial charge on any atom is 0.323 e. The zero-order valence-electron chi connectivity index (χ0n) is 18.8. The van der Waals surface area contributed by atoms with Crippen molar-refractivity contribution in [3.63, 3.8) is 0 Å². The fourth-order valence-corrected chi connectivity index (χ4v) is 3.50. The number of nitrogens with zero attached hydrogens (tertiary/aromatic N) is 1. The second-order valence-electron chi connectivity index (χ2n) is 8.81. The molecule has 3 aromatic carbocycles. The van der Waals surface area contributed by atoms with Crippen LogP contribution in [-0.2, 0) is 5.41 Å². The van der Waals surface area contributed by atoms with Crippen molar-refractivity contribution in [2.75, 3.05) is 10.6 Å². The number of fused-ring (bicyclic) bond motifs is 1. The Morgan fingerprint density at radius 1 is 0.875 bits per heavy atom. The molecule has 162 valence electrons. The number of aromatic nitrogens is 1. The van der Waals surface area contributed by atoms with Crippen molar-refractivity contribution in [1.29, 1.82) is 0 Å². The van der Waals surface area contributed by atoms with Gasteiger partial charge in [0.05, 0.1) is 11.9 Å². The van der Waals surface area contributed by atoms with Gasteiger partial charge in [-0.3, -0.25) is 4.98 Å². The van der Waals surface area contributed by atoms with Gasteiger partial charge in [-0.2, -0.15) is 0 Å². The highest BCUT2D eigenvalue weighted by molar-refractivity contribution is 6.07. The fourth-order valence-electron chi connectivity index (χ4n) is 3.50. The highest BCUT2D eigenvalue weighted by Gasteiger charge is 2.16. The van der Waals surface area contributed by atoms with Gasteiger partial charge >= 0.3 is 6.03 Å². The molecule has 5 nitrogen and oxygen atoms in total. The first-order valence-corrected chi connectivity index (χ1v) is 10.6. The van der Waals surface area contributed by atoms with Crippen LogP contribution in [0.2, 0.25) is 0 Å². The van der Waals surface area contributed by atoms with E-state index in [0.29, 0.717) is 17.2 Å². The van der Waals surface area contributed by atoms with Crippen molar-refractivity contribution in [2.45, 2.75) is 33.1 Å². The van der Waals surface area contributed by atoms with Gasteiger partial charge in [0, 0.05) is 22.7 Å². The number of carbonyl (C=O) groups is 1. The molecule has 32 heavy (non-hydrogen) atoms. The van der Waals surface area contributed by atoms with Crippen LogP contribution in [0.15, 0.2) is 79.1 Å². The van der Waals surface area contributed by atoms with Crippen LogP contribution < -0.4 is 15.4 Å². The number of hydrogen-bond acceptors (Lipinski definition) is 3. The van der Waals surface area contributed by atoms with E-state index in [-0.39, 0.29) is 11.4 Å². The van der Waals surface area contributed by atoms with Gasteiger partial charge in [0.25, 0.3) is 0 Å². The number of urea groups is 1. The summed E-state index contributed by atoms with van der Waals surface area (Å²) >= 11 is 0. The number of hydrogen-bond donors (Lipinski definition) is 2. The van der Waals surface area contributed by atoms with Crippen LogP contribution in [-0.4, -0.2) is 11.0 Å². The molecule has 0 atom stereocenters. The SMILES string of the molecule is Cc1ccc(C(C)(C)C)cc1NC(=O)Nc1ccc(Oc2cccnc2)c2ccccc12. The summed E-state index contributed by atoms with van der Waals surface area (Å²) in [7, 11) is 0. The molecule has 0 unspecified atom stereocenters. The molecular weight excluding hydrogens is 398 g/mol. The summed E-state index contributed by atoms with van der Waals surface area (Å²) in [6, 6.07) is 21.1. The van der Waals surface area contributed by atoms with E-state index in [2.05, 4.69) is 42.5 Å². The predicted octanol–water partition coefficient (Wildman–Crippen LogP) is 7.28. The minimum atomic E-state index is -0.287. The second-order valence-corrected chi connectivity index (χ2v) is 8.81. The number of aryl methyl sites for hydroxylation is 1. The average Bonchev–Trinajstić information content (AvgIpc) is 2.77. The molecule has 0 aliphatic carbocycles. The van der Waals surface area contributed by atoms with E-state index in [1.54, 1.807) is 12.4 Å². The van der Waals surface area contributed by atoms with Gasteiger partial charge in [-0.1, -0.05) is 57.2 Å². The molecule has 0 aliphatic rings. The minimum absolute atomic E-state index is 0.000906. The van der Waals surface area contributed by atoms with E-state index in [0.717, 1.165) is 22.0 Å². The first-order chi connectivity index (χ1) is 15.3. The lowest BCUT2D eigenvalue weighted by Crippen LogP contribution is -2.21. The molecule has 0 aliphatic heterocycles. The predicted molar refractivity (Wildman–Crippen MR) is 131 cm³/mol. The average molecular weight is 426 g/mol. The summed E-state index contributed by atoms with van der Waals surface area (Å²) in [5, 5.41) is 7.79. The number of carbonyl (C=O) groups excluding carboxylic acids is 1. The Bertz CT molecular complexity index is 1260. The van der Waals surface area contributed by atoms with Crippen molar-refractivity contribution in [2.24, 2.45) is 0 Å². The zero-order chi connectivity index (χ0) is 22.7. The Morgan fingerprint density at radius 3 is 2.34 bits per heavy atom. The summed E-state index contributed by atoms with van der Waals surface area (Å²) in [5.41, 5.74) is 3.69. The lowest BCUT2D eigenvalue weighted by molar-refractivity contribution is 0.262. The number of anilines is 2. The minimum Gasteiger partial charge on any atom is -0.455 e. The molecule has 1 heterocycles. The van der Waals surface area contributed by atoms with Gasteiger partial charge in [0.1, 0.15) is 11.5 Å². The molecule has 0 fully saturated rings. The smallest absolute Gasteiger partial charge is 0.323 e. The standard InChI is InChI=1S/C27H27N3O2/c1-18-11-12-19(27(2,3)4)16-24(18)30-26(31)29-23-13-14-25(22-10-6-5-9-21(22)23)32-20-8-7-15-28-17-20/h5-17H,1-4H3,(H2,29,30,31). The first kappa shape index (κ1) is 21.4. The fraction of sp³-hybridized carbons (Fsp3) is 0.185. The largest absolute Gasteiger partial charge is 0.455 e. The van der Waals surface area contributed by atoms with Gasteiger partial charge in [0.2, 0.25) is 0 Å². The Morgan fingerprint density at radius 2 is 1.62 bits per heavy atom. The van der Waals surface area contributed by atoms with E-state index in [1.165, 1.54) is 5.56 Å². The maximum atomic E-state index is 12.9. The van der Waals surface area contributed by atoms with Crippen molar-refractivity contribution in [3.8, 4) is 11.5 Å². The molecule has 0 saturated carbocycles. The normalized spacial score (nSPS) is 11.2. The van der Waals surface area contributed by atoms with Gasteiger partial charge in [-0.15, -0.1) is 0 Å². The number of nitrogens with one attached hydrogen (secondary N) is 2. The zero-order valence-corrected chi connectivity index (χ0v) is 18.8. The molecule has 5 heteroatoms. The Hall–Kier alpha value is -3.86. The summed E-state index contributed by atoms with van der Waals surface area (Å²) < 4.78 is 6.02. The lowest BCUT2D eigenvalue weighted by atomic mass is 9.86. The maximum absolute atomic E-state index is 12.9. The summed E-state index contributed by atoms with van der Waals surface area (Å²) in [4.78, 5) is 16.9. The van der Waals surface area contributed by atoms with E-state index < -0.39 is 0 Å². The van der Waals surface area contributed by atoms with Gasteiger partial charge in [-0.05, 0) is 53.8 Å². The van der Waals surface area contributed by atoms with Crippen molar-refractivity contribution >= 4 is 28.2 Å². The number of rotatable bonds is 4.